The average Bonchev–Trinajstić information content (AvgIpc) is 3.17. The Bertz CT molecular complexity index is 590. The van der Waals surface area contributed by atoms with Crippen LogP contribution in [0.3, 0.4) is 0 Å². The van der Waals surface area contributed by atoms with E-state index in [0.717, 1.165) is 12.8 Å². The maximum Gasteiger partial charge on any atom is 0.240 e. The molecule has 124 valence electrons. The van der Waals surface area contributed by atoms with Gasteiger partial charge in [0.25, 0.3) is 0 Å². The van der Waals surface area contributed by atoms with E-state index in [1.54, 1.807) is 17.0 Å². The van der Waals surface area contributed by atoms with Crippen molar-refractivity contribution in [3.8, 4) is 6.07 Å². The monoisotopic (exact) mass is 356 g/mol. The zero-order chi connectivity index (χ0) is 15.5. The highest BCUT2D eigenvalue weighted by atomic mass is 35.5. The zero-order valence-corrected chi connectivity index (χ0v) is 14.0. The summed E-state index contributed by atoms with van der Waals surface area (Å²) in [7, 11) is 0. The third kappa shape index (κ3) is 4.02. The van der Waals surface area contributed by atoms with Crippen LogP contribution in [0.15, 0.2) is 12.1 Å². The van der Waals surface area contributed by atoms with Crippen LogP contribution in [0.5, 0.6) is 0 Å². The fourth-order valence-corrected chi connectivity index (χ4v) is 3.10. The van der Waals surface area contributed by atoms with Gasteiger partial charge in [0, 0.05) is 19.1 Å². The van der Waals surface area contributed by atoms with E-state index in [0.29, 0.717) is 30.5 Å². The molecule has 7 nitrogen and oxygen atoms in total. The van der Waals surface area contributed by atoms with Crippen molar-refractivity contribution < 1.29 is 4.79 Å². The molecule has 0 aliphatic carbocycles. The number of nitriles is 1. The molecule has 2 aliphatic rings. The minimum absolute atomic E-state index is 0. The van der Waals surface area contributed by atoms with Crippen molar-refractivity contribution in [3.05, 3.63) is 17.3 Å². The van der Waals surface area contributed by atoms with Crippen molar-refractivity contribution in [2.45, 2.75) is 37.4 Å². The van der Waals surface area contributed by atoms with Crippen LogP contribution in [-0.2, 0) is 4.79 Å². The normalized spacial score (nSPS) is 26.4. The number of anilines is 1. The molecule has 1 aromatic heterocycles. The first-order valence-electron chi connectivity index (χ1n) is 7.36. The number of nitrogens with one attached hydrogen (secondary N) is 2. The van der Waals surface area contributed by atoms with Gasteiger partial charge in [0.15, 0.2) is 5.15 Å². The SMILES string of the molecule is Cl.N#CC1CCCN1C(=O)[C@@H]1C[C@H](Nc2ccc(Cl)nn2)CN1. The van der Waals surface area contributed by atoms with Crippen LogP contribution in [0.2, 0.25) is 5.15 Å². The number of halogens is 2. The fourth-order valence-electron chi connectivity index (χ4n) is 3.00. The second-order valence-corrected chi connectivity index (χ2v) is 5.99. The van der Waals surface area contributed by atoms with Crippen LogP contribution >= 0.6 is 24.0 Å². The molecule has 9 heteroatoms. The summed E-state index contributed by atoms with van der Waals surface area (Å²) in [4.78, 5) is 14.2. The number of carbonyl (C=O) groups excluding carboxylic acids is 1. The van der Waals surface area contributed by atoms with Crippen LogP contribution in [0.25, 0.3) is 0 Å². The minimum atomic E-state index is -0.275. The number of rotatable bonds is 3. The maximum atomic E-state index is 12.5. The van der Waals surface area contributed by atoms with Crippen molar-refractivity contribution in [2.75, 3.05) is 18.4 Å². The second-order valence-electron chi connectivity index (χ2n) is 5.60. The Morgan fingerprint density at radius 2 is 2.30 bits per heavy atom. The van der Waals surface area contributed by atoms with E-state index < -0.39 is 0 Å². The van der Waals surface area contributed by atoms with E-state index in [1.807, 2.05) is 0 Å². The summed E-state index contributed by atoms with van der Waals surface area (Å²) >= 11 is 5.70. The first-order valence-corrected chi connectivity index (χ1v) is 7.74. The largest absolute Gasteiger partial charge is 0.364 e. The van der Waals surface area contributed by atoms with Gasteiger partial charge < -0.3 is 15.5 Å². The molecule has 1 aromatic rings. The van der Waals surface area contributed by atoms with Crippen molar-refractivity contribution >= 4 is 35.7 Å². The summed E-state index contributed by atoms with van der Waals surface area (Å²) in [5.74, 6) is 0.663. The number of amides is 1. The van der Waals surface area contributed by atoms with Gasteiger partial charge in [-0.3, -0.25) is 4.79 Å². The lowest BCUT2D eigenvalue weighted by Gasteiger charge is -2.23. The molecule has 2 saturated heterocycles. The molecular formula is C14H18Cl2N6O. The highest BCUT2D eigenvalue weighted by Gasteiger charge is 2.37. The Morgan fingerprint density at radius 1 is 1.48 bits per heavy atom. The van der Waals surface area contributed by atoms with Gasteiger partial charge in [-0.2, -0.15) is 5.26 Å². The van der Waals surface area contributed by atoms with Gasteiger partial charge >= 0.3 is 0 Å². The molecule has 3 atom stereocenters. The molecule has 2 aliphatic heterocycles. The van der Waals surface area contributed by atoms with E-state index in [2.05, 4.69) is 26.9 Å². The van der Waals surface area contributed by atoms with E-state index in [9.17, 15) is 4.79 Å². The number of nitrogens with zero attached hydrogens (tertiary/aromatic N) is 4. The maximum absolute atomic E-state index is 12.5. The first-order chi connectivity index (χ1) is 10.7. The van der Waals surface area contributed by atoms with Crippen molar-refractivity contribution in [2.24, 2.45) is 0 Å². The van der Waals surface area contributed by atoms with Crippen molar-refractivity contribution in [1.82, 2.24) is 20.4 Å². The predicted molar refractivity (Wildman–Crippen MR) is 88.5 cm³/mol. The fraction of sp³-hybridized carbons (Fsp3) is 0.571. The summed E-state index contributed by atoms with van der Waals surface area (Å²) < 4.78 is 0. The lowest BCUT2D eigenvalue weighted by Crippen LogP contribution is -2.45. The standard InChI is InChI=1S/C14H17ClN6O.ClH/c15-12-3-4-13(20-19-12)18-9-6-11(17-8-9)14(22)21-5-1-2-10(21)7-16;/h3-4,9-11,17H,1-2,5-6,8H2,(H,18,20);1H/t9-,10?,11-;/m0./s1. The molecule has 0 spiro atoms. The molecule has 2 fully saturated rings. The van der Waals surface area contributed by atoms with Gasteiger partial charge in [-0.15, -0.1) is 22.6 Å². The van der Waals surface area contributed by atoms with Crippen LogP contribution in [0.4, 0.5) is 5.82 Å². The van der Waals surface area contributed by atoms with Gasteiger partial charge in [-0.25, -0.2) is 0 Å². The van der Waals surface area contributed by atoms with Gasteiger partial charge in [-0.1, -0.05) is 11.6 Å². The Kier molecular flexibility index (Phi) is 5.99. The quantitative estimate of drug-likeness (QED) is 0.845. The Balaban J connectivity index is 0.00000192. The third-order valence-corrected chi connectivity index (χ3v) is 4.30. The Hall–Kier alpha value is -1.62. The van der Waals surface area contributed by atoms with Crippen molar-refractivity contribution in [3.63, 3.8) is 0 Å². The number of carbonyl (C=O) groups is 1. The van der Waals surface area contributed by atoms with E-state index in [-0.39, 0.29) is 36.4 Å². The van der Waals surface area contributed by atoms with E-state index in [1.165, 1.54) is 0 Å². The molecule has 0 bridgehead atoms. The number of hydrogen-bond acceptors (Lipinski definition) is 6. The predicted octanol–water partition coefficient (Wildman–Crippen LogP) is 1.21. The van der Waals surface area contributed by atoms with E-state index in [4.69, 9.17) is 16.9 Å². The van der Waals surface area contributed by atoms with Crippen LogP contribution in [0.1, 0.15) is 19.3 Å². The molecular weight excluding hydrogens is 339 g/mol. The highest BCUT2D eigenvalue weighted by Crippen LogP contribution is 2.21. The summed E-state index contributed by atoms with van der Waals surface area (Å²) in [5.41, 5.74) is 0. The number of hydrogen-bond donors (Lipinski definition) is 2. The van der Waals surface area contributed by atoms with Gasteiger partial charge in [-0.05, 0) is 31.4 Å². The van der Waals surface area contributed by atoms with E-state index >= 15 is 0 Å². The Labute approximate surface area is 145 Å². The van der Waals surface area contributed by atoms with Gasteiger partial charge in [0.2, 0.25) is 5.91 Å². The lowest BCUT2D eigenvalue weighted by atomic mass is 10.1. The summed E-state index contributed by atoms with van der Waals surface area (Å²) in [5, 5.41) is 23.6. The van der Waals surface area contributed by atoms with Crippen LogP contribution in [0, 0.1) is 11.3 Å². The lowest BCUT2D eigenvalue weighted by molar-refractivity contribution is -0.133. The molecule has 23 heavy (non-hydrogen) atoms. The van der Waals surface area contributed by atoms with Gasteiger partial charge in [0.1, 0.15) is 11.9 Å². The second kappa shape index (κ2) is 7.77. The molecule has 1 amide bonds. The third-order valence-electron chi connectivity index (χ3n) is 4.10. The molecule has 0 saturated carbocycles. The summed E-state index contributed by atoms with van der Waals surface area (Å²) in [6, 6.07) is 5.22. The highest BCUT2D eigenvalue weighted by molar-refractivity contribution is 6.29. The number of aromatic nitrogens is 2. The molecule has 2 N–H and O–H groups in total. The number of likely N-dealkylation sites (tertiary alicyclic amines) is 1. The molecule has 0 aromatic carbocycles. The molecule has 3 heterocycles. The molecule has 1 unspecified atom stereocenters. The van der Waals surface area contributed by atoms with Crippen LogP contribution in [-0.4, -0.2) is 52.2 Å². The van der Waals surface area contributed by atoms with Crippen LogP contribution < -0.4 is 10.6 Å². The average molecular weight is 357 g/mol. The molecule has 0 radical (unpaired) electrons. The van der Waals surface area contributed by atoms with Gasteiger partial charge in [0.05, 0.1) is 12.1 Å². The smallest absolute Gasteiger partial charge is 0.240 e. The minimum Gasteiger partial charge on any atom is -0.364 e. The summed E-state index contributed by atoms with van der Waals surface area (Å²) in [6.45, 7) is 1.35. The first kappa shape index (κ1) is 17.7. The topological polar surface area (TPSA) is 93.9 Å². The summed E-state index contributed by atoms with van der Waals surface area (Å²) in [6.07, 6.45) is 2.34. The Morgan fingerprint density at radius 3 is 3.00 bits per heavy atom. The van der Waals surface area contributed by atoms with Crippen molar-refractivity contribution in [1.29, 1.82) is 5.26 Å². The zero-order valence-electron chi connectivity index (χ0n) is 12.4. The molecule has 3 rings (SSSR count).